The zero-order chi connectivity index (χ0) is 14.9. The van der Waals surface area contributed by atoms with E-state index in [1.807, 2.05) is 0 Å². The van der Waals surface area contributed by atoms with Crippen molar-refractivity contribution in [1.29, 1.82) is 0 Å². The fourth-order valence-corrected chi connectivity index (χ4v) is 4.04. The summed E-state index contributed by atoms with van der Waals surface area (Å²) in [6, 6.07) is 8.45. The van der Waals surface area contributed by atoms with Crippen LogP contribution >= 0.6 is 0 Å². The standard InChI is InChI=1S/C18H28N2O/c1-14-8-9-18(13-19,12-15(14)2)20-10-5-11-21-17-7-4-3-6-16(17)20/h3-4,6-7,14-15H,5,8-13,19H2,1-2H3. The Morgan fingerprint density at radius 2 is 2.10 bits per heavy atom. The third kappa shape index (κ3) is 2.64. The van der Waals surface area contributed by atoms with Crippen molar-refractivity contribution in [1.82, 2.24) is 0 Å². The second-order valence-corrected chi connectivity index (χ2v) is 6.95. The Morgan fingerprint density at radius 1 is 1.29 bits per heavy atom. The van der Waals surface area contributed by atoms with Crippen LogP contribution in [-0.4, -0.2) is 25.2 Å². The first kappa shape index (κ1) is 14.7. The SMILES string of the molecule is CC1CCC(CN)(N2CCCOc3ccccc32)CC1C. The van der Waals surface area contributed by atoms with Crippen LogP contribution in [0.2, 0.25) is 0 Å². The molecule has 0 amide bonds. The number of nitrogens with zero attached hydrogens (tertiary/aromatic N) is 1. The van der Waals surface area contributed by atoms with Crippen LogP contribution in [0.1, 0.15) is 39.5 Å². The second kappa shape index (κ2) is 5.88. The van der Waals surface area contributed by atoms with Crippen molar-refractivity contribution in [2.24, 2.45) is 17.6 Å². The molecule has 3 rings (SSSR count). The zero-order valence-corrected chi connectivity index (χ0v) is 13.3. The molecule has 2 aliphatic rings. The summed E-state index contributed by atoms with van der Waals surface area (Å²) in [6.45, 7) is 7.35. The number of hydrogen-bond acceptors (Lipinski definition) is 3. The molecule has 1 aliphatic carbocycles. The van der Waals surface area contributed by atoms with Crippen LogP contribution in [0.3, 0.4) is 0 Å². The molecule has 3 unspecified atom stereocenters. The fourth-order valence-electron chi connectivity index (χ4n) is 4.04. The van der Waals surface area contributed by atoms with Gasteiger partial charge in [0.15, 0.2) is 0 Å². The summed E-state index contributed by atoms with van der Waals surface area (Å²) in [7, 11) is 0. The highest BCUT2D eigenvalue weighted by Gasteiger charge is 2.42. The van der Waals surface area contributed by atoms with E-state index in [0.717, 1.165) is 43.7 Å². The number of nitrogens with two attached hydrogens (primary N) is 1. The van der Waals surface area contributed by atoms with Crippen LogP contribution in [-0.2, 0) is 0 Å². The zero-order valence-electron chi connectivity index (χ0n) is 13.3. The number of fused-ring (bicyclic) bond motifs is 1. The molecule has 3 nitrogen and oxygen atoms in total. The lowest BCUT2D eigenvalue weighted by molar-refractivity contribution is 0.171. The normalized spacial score (nSPS) is 33.0. The molecule has 1 fully saturated rings. The average Bonchev–Trinajstić information content (AvgIpc) is 2.73. The minimum atomic E-state index is 0.107. The quantitative estimate of drug-likeness (QED) is 0.906. The molecule has 21 heavy (non-hydrogen) atoms. The van der Waals surface area contributed by atoms with Crippen LogP contribution in [0, 0.1) is 11.8 Å². The van der Waals surface area contributed by atoms with Crippen molar-refractivity contribution < 1.29 is 4.74 Å². The lowest BCUT2D eigenvalue weighted by Crippen LogP contribution is -2.57. The minimum Gasteiger partial charge on any atom is -0.491 e. The van der Waals surface area contributed by atoms with Crippen LogP contribution in [0.5, 0.6) is 5.75 Å². The van der Waals surface area contributed by atoms with E-state index in [0.29, 0.717) is 0 Å². The highest BCUT2D eigenvalue weighted by molar-refractivity contribution is 5.61. The molecule has 0 saturated heterocycles. The van der Waals surface area contributed by atoms with Gasteiger partial charge in [0.25, 0.3) is 0 Å². The maximum atomic E-state index is 6.30. The molecule has 1 aliphatic heterocycles. The van der Waals surface area contributed by atoms with E-state index in [-0.39, 0.29) is 5.54 Å². The van der Waals surface area contributed by atoms with Crippen LogP contribution in [0.15, 0.2) is 24.3 Å². The van der Waals surface area contributed by atoms with Gasteiger partial charge in [-0.3, -0.25) is 0 Å². The van der Waals surface area contributed by atoms with E-state index in [2.05, 4.69) is 43.0 Å². The molecule has 0 bridgehead atoms. The molecule has 1 saturated carbocycles. The van der Waals surface area contributed by atoms with Crippen molar-refractivity contribution in [3.05, 3.63) is 24.3 Å². The molecule has 3 heteroatoms. The molecular formula is C18H28N2O. The van der Waals surface area contributed by atoms with Gasteiger partial charge in [0.1, 0.15) is 5.75 Å². The molecule has 1 aromatic rings. The molecule has 1 heterocycles. The molecule has 3 atom stereocenters. The summed E-state index contributed by atoms with van der Waals surface area (Å²) in [5.74, 6) is 2.57. The molecule has 2 N–H and O–H groups in total. The van der Waals surface area contributed by atoms with Crippen molar-refractivity contribution in [2.75, 3.05) is 24.6 Å². The summed E-state index contributed by atoms with van der Waals surface area (Å²) in [5.41, 5.74) is 7.65. The first-order valence-corrected chi connectivity index (χ1v) is 8.36. The Hall–Kier alpha value is -1.22. The van der Waals surface area contributed by atoms with Gasteiger partial charge in [0.05, 0.1) is 17.8 Å². The summed E-state index contributed by atoms with van der Waals surface area (Å²) in [6.07, 6.45) is 4.74. The number of ether oxygens (including phenoxy) is 1. The molecule has 1 aromatic carbocycles. The Bertz CT molecular complexity index is 490. The third-order valence-corrected chi connectivity index (χ3v) is 5.63. The van der Waals surface area contributed by atoms with Gasteiger partial charge in [-0.2, -0.15) is 0 Å². The Morgan fingerprint density at radius 3 is 2.86 bits per heavy atom. The van der Waals surface area contributed by atoms with Gasteiger partial charge in [-0.1, -0.05) is 26.0 Å². The first-order valence-electron chi connectivity index (χ1n) is 8.36. The smallest absolute Gasteiger partial charge is 0.142 e. The maximum Gasteiger partial charge on any atom is 0.142 e. The van der Waals surface area contributed by atoms with Crippen LogP contribution in [0.25, 0.3) is 0 Å². The number of rotatable bonds is 2. The van der Waals surface area contributed by atoms with E-state index in [4.69, 9.17) is 10.5 Å². The fraction of sp³-hybridized carbons (Fsp3) is 0.667. The lowest BCUT2D eigenvalue weighted by Gasteiger charge is -2.50. The topological polar surface area (TPSA) is 38.5 Å². The summed E-state index contributed by atoms with van der Waals surface area (Å²) < 4.78 is 5.92. The lowest BCUT2D eigenvalue weighted by atomic mass is 9.70. The number of benzene rings is 1. The first-order chi connectivity index (χ1) is 10.2. The van der Waals surface area contributed by atoms with Gasteiger partial charge in [-0.25, -0.2) is 0 Å². The number of para-hydroxylation sites is 2. The predicted octanol–water partition coefficient (Wildman–Crippen LogP) is 3.43. The second-order valence-electron chi connectivity index (χ2n) is 6.95. The van der Waals surface area contributed by atoms with Crippen molar-refractivity contribution in [3.63, 3.8) is 0 Å². The Balaban J connectivity index is 1.97. The van der Waals surface area contributed by atoms with E-state index >= 15 is 0 Å². The molecule has 0 aromatic heterocycles. The van der Waals surface area contributed by atoms with E-state index in [1.165, 1.54) is 24.9 Å². The van der Waals surface area contributed by atoms with Gasteiger partial charge < -0.3 is 15.4 Å². The molecule has 0 spiro atoms. The third-order valence-electron chi connectivity index (χ3n) is 5.63. The largest absolute Gasteiger partial charge is 0.491 e. The van der Waals surface area contributed by atoms with Gasteiger partial charge in [-0.05, 0) is 49.7 Å². The average molecular weight is 288 g/mol. The van der Waals surface area contributed by atoms with Crippen molar-refractivity contribution in [2.45, 2.75) is 45.1 Å². The number of anilines is 1. The predicted molar refractivity (Wildman–Crippen MR) is 87.9 cm³/mol. The molecular weight excluding hydrogens is 260 g/mol. The van der Waals surface area contributed by atoms with Gasteiger partial charge in [-0.15, -0.1) is 0 Å². The van der Waals surface area contributed by atoms with E-state index < -0.39 is 0 Å². The van der Waals surface area contributed by atoms with Crippen LogP contribution in [0.4, 0.5) is 5.69 Å². The molecule has 116 valence electrons. The monoisotopic (exact) mass is 288 g/mol. The summed E-state index contributed by atoms with van der Waals surface area (Å²) in [4.78, 5) is 2.57. The Labute approximate surface area is 128 Å². The highest BCUT2D eigenvalue weighted by atomic mass is 16.5. The van der Waals surface area contributed by atoms with E-state index in [9.17, 15) is 0 Å². The van der Waals surface area contributed by atoms with Gasteiger partial charge >= 0.3 is 0 Å². The molecule has 0 radical (unpaired) electrons. The number of hydrogen-bond donors (Lipinski definition) is 1. The van der Waals surface area contributed by atoms with Crippen molar-refractivity contribution in [3.8, 4) is 5.75 Å². The van der Waals surface area contributed by atoms with Gasteiger partial charge in [0, 0.05) is 13.1 Å². The Kier molecular flexibility index (Phi) is 4.12. The summed E-state index contributed by atoms with van der Waals surface area (Å²) in [5, 5.41) is 0. The van der Waals surface area contributed by atoms with E-state index in [1.54, 1.807) is 0 Å². The maximum absolute atomic E-state index is 6.30. The minimum absolute atomic E-state index is 0.107. The van der Waals surface area contributed by atoms with Gasteiger partial charge in [0.2, 0.25) is 0 Å². The van der Waals surface area contributed by atoms with Crippen LogP contribution < -0.4 is 15.4 Å². The highest BCUT2D eigenvalue weighted by Crippen LogP contribution is 2.44. The van der Waals surface area contributed by atoms with Crippen molar-refractivity contribution >= 4 is 5.69 Å². The summed E-state index contributed by atoms with van der Waals surface area (Å²) >= 11 is 0.